The van der Waals surface area contributed by atoms with Gasteiger partial charge in [0.2, 0.25) is 0 Å². The average Bonchev–Trinajstić information content (AvgIpc) is 3.13. The van der Waals surface area contributed by atoms with Crippen LogP contribution in [0, 0.1) is 11.8 Å². The second-order valence-corrected chi connectivity index (χ2v) is 7.98. The Bertz CT molecular complexity index is 418. The fraction of sp³-hybridized carbons (Fsp3) is 0.944. The van der Waals surface area contributed by atoms with Gasteiger partial charge >= 0.3 is 0 Å². The second-order valence-electron chi connectivity index (χ2n) is 7.98. The van der Waals surface area contributed by atoms with Crippen molar-refractivity contribution in [1.29, 1.82) is 0 Å². The number of aliphatic imine (C=N–C) groups is 1. The number of hydrogen-bond donors (Lipinski definition) is 2. The van der Waals surface area contributed by atoms with Crippen LogP contribution in [0.3, 0.4) is 0 Å². The summed E-state index contributed by atoms with van der Waals surface area (Å²) in [6.07, 6.45) is 7.11. The first-order chi connectivity index (χ1) is 11.1. The lowest BCUT2D eigenvalue weighted by Gasteiger charge is -2.34. The Kier molecular flexibility index (Phi) is 8.07. The molecule has 3 fully saturated rings. The van der Waals surface area contributed by atoms with Crippen LogP contribution in [0.4, 0.5) is 0 Å². The monoisotopic (exact) mass is 450 g/mol. The average molecular weight is 450 g/mol. The van der Waals surface area contributed by atoms with Crippen LogP contribution in [0.1, 0.15) is 46.0 Å². The molecule has 6 heteroatoms. The minimum absolute atomic E-state index is 0. The maximum absolute atomic E-state index is 5.92. The Morgan fingerprint density at radius 1 is 1.29 bits per heavy atom. The van der Waals surface area contributed by atoms with Gasteiger partial charge in [-0.25, -0.2) is 0 Å². The Balaban J connectivity index is 0.00000208. The van der Waals surface area contributed by atoms with Crippen LogP contribution in [0.2, 0.25) is 0 Å². The topological polar surface area (TPSA) is 48.9 Å². The summed E-state index contributed by atoms with van der Waals surface area (Å²) in [6.45, 7) is 9.36. The first kappa shape index (κ1) is 20.2. The molecule has 0 aromatic carbocycles. The quantitative estimate of drug-likeness (QED) is 0.384. The number of ether oxygens (including phenoxy) is 1. The normalized spacial score (nSPS) is 33.6. The Morgan fingerprint density at radius 3 is 2.75 bits per heavy atom. The van der Waals surface area contributed by atoms with E-state index >= 15 is 0 Å². The first-order valence-corrected chi connectivity index (χ1v) is 9.49. The highest BCUT2D eigenvalue weighted by atomic mass is 127. The number of fused-ring (bicyclic) bond motifs is 2. The van der Waals surface area contributed by atoms with Gasteiger partial charge in [-0.3, -0.25) is 4.99 Å². The minimum atomic E-state index is 0. The number of nitrogens with one attached hydrogen (secondary N) is 2. The van der Waals surface area contributed by atoms with Crippen molar-refractivity contribution < 1.29 is 4.74 Å². The molecule has 3 rings (SSSR count). The molecule has 4 atom stereocenters. The molecule has 0 radical (unpaired) electrons. The van der Waals surface area contributed by atoms with E-state index in [0.29, 0.717) is 18.2 Å². The van der Waals surface area contributed by atoms with Gasteiger partial charge in [-0.15, -0.1) is 24.0 Å². The van der Waals surface area contributed by atoms with E-state index in [2.05, 4.69) is 34.4 Å². The molecule has 0 aliphatic carbocycles. The van der Waals surface area contributed by atoms with Crippen LogP contribution >= 0.6 is 24.0 Å². The molecule has 0 saturated carbocycles. The number of rotatable bonds is 5. The number of piperidine rings is 1. The third-order valence-electron chi connectivity index (χ3n) is 5.44. The molecule has 0 spiro atoms. The number of halogens is 1. The molecule has 3 heterocycles. The third kappa shape index (κ3) is 5.46. The van der Waals surface area contributed by atoms with Crippen LogP contribution in [-0.4, -0.2) is 62.3 Å². The van der Waals surface area contributed by atoms with E-state index in [-0.39, 0.29) is 24.0 Å². The fourth-order valence-electron chi connectivity index (χ4n) is 4.40. The molecule has 0 aromatic rings. The van der Waals surface area contributed by atoms with Crippen LogP contribution in [0.5, 0.6) is 0 Å². The molecule has 5 nitrogen and oxygen atoms in total. The lowest BCUT2D eigenvalue weighted by atomic mass is 9.95. The highest BCUT2D eigenvalue weighted by molar-refractivity contribution is 14.0. The predicted octanol–water partition coefficient (Wildman–Crippen LogP) is 2.46. The summed E-state index contributed by atoms with van der Waals surface area (Å²) in [5.41, 5.74) is 0. The molecule has 140 valence electrons. The van der Waals surface area contributed by atoms with E-state index in [9.17, 15) is 0 Å². The maximum atomic E-state index is 5.92. The van der Waals surface area contributed by atoms with E-state index in [1.54, 1.807) is 0 Å². The van der Waals surface area contributed by atoms with Crippen LogP contribution < -0.4 is 10.6 Å². The van der Waals surface area contributed by atoms with Gasteiger partial charge in [0.25, 0.3) is 0 Å². The predicted molar refractivity (Wildman–Crippen MR) is 110 cm³/mol. The molecule has 24 heavy (non-hydrogen) atoms. The zero-order valence-corrected chi connectivity index (χ0v) is 17.8. The van der Waals surface area contributed by atoms with Gasteiger partial charge in [-0.2, -0.15) is 0 Å². The number of guanidine groups is 1. The van der Waals surface area contributed by atoms with Gasteiger partial charge in [0.15, 0.2) is 5.96 Å². The summed E-state index contributed by atoms with van der Waals surface area (Å²) < 4.78 is 5.92. The second kappa shape index (κ2) is 9.57. The molecule has 2 bridgehead atoms. The standard InChI is InChI=1S/C18H34N4O.HI/c1-13(2)11-22-8-4-5-14(12-22)10-20-18(19-3)21-16-9-15-6-7-17(16)23-15;/h13-17H,4-12H2,1-3H3,(H2,19,20,21);1H. The summed E-state index contributed by atoms with van der Waals surface area (Å²) in [7, 11) is 1.87. The Morgan fingerprint density at radius 2 is 2.12 bits per heavy atom. The van der Waals surface area contributed by atoms with Crippen molar-refractivity contribution in [3.05, 3.63) is 0 Å². The fourth-order valence-corrected chi connectivity index (χ4v) is 4.40. The summed E-state index contributed by atoms with van der Waals surface area (Å²) >= 11 is 0. The zero-order valence-electron chi connectivity index (χ0n) is 15.5. The van der Waals surface area contributed by atoms with Crippen molar-refractivity contribution in [3.63, 3.8) is 0 Å². The summed E-state index contributed by atoms with van der Waals surface area (Å²) in [6, 6.07) is 0.448. The molecule has 3 aliphatic heterocycles. The van der Waals surface area contributed by atoms with Crippen LogP contribution in [0.15, 0.2) is 4.99 Å². The van der Waals surface area contributed by atoms with E-state index in [1.807, 2.05) is 7.05 Å². The summed E-state index contributed by atoms with van der Waals surface area (Å²) in [5, 5.41) is 7.14. The summed E-state index contributed by atoms with van der Waals surface area (Å²) in [4.78, 5) is 7.04. The van der Waals surface area contributed by atoms with Gasteiger partial charge in [-0.05, 0) is 50.5 Å². The van der Waals surface area contributed by atoms with E-state index in [4.69, 9.17) is 4.74 Å². The Labute approximate surface area is 164 Å². The van der Waals surface area contributed by atoms with Crippen LogP contribution in [0.25, 0.3) is 0 Å². The molecule has 0 amide bonds. The molecular weight excluding hydrogens is 415 g/mol. The lowest BCUT2D eigenvalue weighted by molar-refractivity contribution is 0.0992. The zero-order chi connectivity index (χ0) is 16.2. The molecule has 0 aromatic heterocycles. The lowest BCUT2D eigenvalue weighted by Crippen LogP contribution is -2.49. The van der Waals surface area contributed by atoms with E-state index in [1.165, 1.54) is 45.3 Å². The molecule has 3 aliphatic rings. The van der Waals surface area contributed by atoms with Gasteiger partial charge in [0.05, 0.1) is 18.2 Å². The van der Waals surface area contributed by atoms with Crippen molar-refractivity contribution in [2.75, 3.05) is 33.2 Å². The molecule has 3 saturated heterocycles. The number of nitrogens with zero attached hydrogens (tertiary/aromatic N) is 2. The largest absolute Gasteiger partial charge is 0.373 e. The van der Waals surface area contributed by atoms with Crippen molar-refractivity contribution in [2.24, 2.45) is 16.8 Å². The summed E-state index contributed by atoms with van der Waals surface area (Å²) in [5.74, 6) is 2.44. The Hall–Kier alpha value is -0.0800. The van der Waals surface area contributed by atoms with Gasteiger partial charge in [0, 0.05) is 26.7 Å². The van der Waals surface area contributed by atoms with Crippen molar-refractivity contribution in [1.82, 2.24) is 15.5 Å². The third-order valence-corrected chi connectivity index (χ3v) is 5.44. The van der Waals surface area contributed by atoms with Gasteiger partial charge in [-0.1, -0.05) is 13.8 Å². The molecular formula is C18H35IN4O. The maximum Gasteiger partial charge on any atom is 0.191 e. The minimum Gasteiger partial charge on any atom is -0.373 e. The highest BCUT2D eigenvalue weighted by Gasteiger charge is 2.41. The van der Waals surface area contributed by atoms with Crippen LogP contribution in [-0.2, 0) is 4.74 Å². The highest BCUT2D eigenvalue weighted by Crippen LogP contribution is 2.34. The first-order valence-electron chi connectivity index (χ1n) is 9.49. The van der Waals surface area contributed by atoms with Crippen molar-refractivity contribution >= 4 is 29.9 Å². The van der Waals surface area contributed by atoms with Crippen molar-refractivity contribution in [2.45, 2.75) is 64.2 Å². The smallest absolute Gasteiger partial charge is 0.191 e. The van der Waals surface area contributed by atoms with Gasteiger partial charge in [0.1, 0.15) is 0 Å². The van der Waals surface area contributed by atoms with E-state index in [0.717, 1.165) is 30.8 Å². The van der Waals surface area contributed by atoms with E-state index < -0.39 is 0 Å². The van der Waals surface area contributed by atoms with Crippen molar-refractivity contribution in [3.8, 4) is 0 Å². The molecule has 4 unspecified atom stereocenters. The van der Waals surface area contributed by atoms with Gasteiger partial charge < -0.3 is 20.3 Å². The molecule has 2 N–H and O–H groups in total. The number of hydrogen-bond acceptors (Lipinski definition) is 3. The SMILES string of the molecule is CN=C(NCC1CCCN(CC(C)C)C1)NC1CC2CCC1O2.I. The number of likely N-dealkylation sites (tertiary alicyclic amines) is 1.